The number of hydrogen-bond donors (Lipinski definition) is 1. The fourth-order valence-corrected chi connectivity index (χ4v) is 5.42. The number of nitrogens with one attached hydrogen (secondary N) is 1. The van der Waals surface area contributed by atoms with Gasteiger partial charge in [-0.25, -0.2) is 8.42 Å². The van der Waals surface area contributed by atoms with Crippen LogP contribution in [0.2, 0.25) is 0 Å². The molecule has 0 saturated heterocycles. The Labute approximate surface area is 249 Å². The Hall–Kier alpha value is -4.05. The Bertz CT molecular complexity index is 1460. The number of anilines is 1. The molecule has 0 saturated carbocycles. The van der Waals surface area contributed by atoms with Crippen LogP contribution in [0, 0.1) is 12.8 Å². The Morgan fingerprint density at radius 2 is 1.60 bits per heavy atom. The molecule has 0 aliphatic carbocycles. The number of hydrogen-bond acceptors (Lipinski definition) is 6. The lowest BCUT2D eigenvalue weighted by Crippen LogP contribution is -2.53. The summed E-state index contributed by atoms with van der Waals surface area (Å²) in [6, 6.07) is 21.0. The van der Waals surface area contributed by atoms with Crippen molar-refractivity contribution in [2.24, 2.45) is 5.92 Å². The summed E-state index contributed by atoms with van der Waals surface area (Å²) >= 11 is 0. The quantitative estimate of drug-likeness (QED) is 0.300. The molecule has 3 aromatic rings. The molecule has 0 aromatic heterocycles. The van der Waals surface area contributed by atoms with Crippen LogP contribution in [0.4, 0.5) is 5.69 Å². The monoisotopic (exact) mass is 595 g/mol. The third-order valence-electron chi connectivity index (χ3n) is 6.72. The van der Waals surface area contributed by atoms with Gasteiger partial charge in [0.05, 0.1) is 26.2 Å². The normalized spacial score (nSPS) is 12.0. The van der Waals surface area contributed by atoms with Crippen molar-refractivity contribution >= 4 is 27.5 Å². The fourth-order valence-electron chi connectivity index (χ4n) is 4.57. The van der Waals surface area contributed by atoms with Crippen molar-refractivity contribution in [3.05, 3.63) is 89.5 Å². The zero-order chi connectivity index (χ0) is 30.9. The van der Waals surface area contributed by atoms with E-state index in [1.54, 1.807) is 12.1 Å². The van der Waals surface area contributed by atoms with Crippen molar-refractivity contribution < 1.29 is 27.5 Å². The number of aryl methyl sites for hydroxylation is 1. The lowest BCUT2D eigenvalue weighted by atomic mass is 10.0. The van der Waals surface area contributed by atoms with E-state index >= 15 is 0 Å². The van der Waals surface area contributed by atoms with Crippen molar-refractivity contribution in [2.45, 2.75) is 39.8 Å². The average Bonchev–Trinajstić information content (AvgIpc) is 2.96. The van der Waals surface area contributed by atoms with Gasteiger partial charge in [0.25, 0.3) is 0 Å². The summed E-state index contributed by atoms with van der Waals surface area (Å²) in [6.07, 6.45) is 1.28. The smallest absolute Gasteiger partial charge is 0.244 e. The fraction of sp³-hybridized carbons (Fsp3) is 0.375. The maximum absolute atomic E-state index is 14.3. The summed E-state index contributed by atoms with van der Waals surface area (Å²) in [6.45, 7) is 5.94. The van der Waals surface area contributed by atoms with Gasteiger partial charge in [-0.3, -0.25) is 13.9 Å². The zero-order valence-corrected chi connectivity index (χ0v) is 26.0. The van der Waals surface area contributed by atoms with E-state index in [9.17, 15) is 18.0 Å². The summed E-state index contributed by atoms with van der Waals surface area (Å²) in [5.74, 6) is 0.0210. The Balaban J connectivity index is 2.10. The largest absolute Gasteiger partial charge is 0.497 e. The van der Waals surface area contributed by atoms with Crippen LogP contribution >= 0.6 is 0 Å². The van der Waals surface area contributed by atoms with Gasteiger partial charge in [-0.05, 0) is 36.1 Å². The minimum atomic E-state index is -3.96. The third kappa shape index (κ3) is 8.97. The number of carbonyl (C=O) groups excluding carboxylic acids is 2. The second-order valence-electron chi connectivity index (χ2n) is 10.7. The molecule has 9 nitrogen and oxygen atoms in total. The van der Waals surface area contributed by atoms with Gasteiger partial charge >= 0.3 is 0 Å². The van der Waals surface area contributed by atoms with Gasteiger partial charge in [-0.15, -0.1) is 0 Å². The Kier molecular flexibility index (Phi) is 11.4. The molecule has 226 valence electrons. The lowest BCUT2D eigenvalue weighted by Gasteiger charge is -2.34. The van der Waals surface area contributed by atoms with Gasteiger partial charge < -0.3 is 19.7 Å². The second-order valence-corrected chi connectivity index (χ2v) is 12.6. The minimum absolute atomic E-state index is 0.111. The van der Waals surface area contributed by atoms with E-state index in [-0.39, 0.29) is 36.2 Å². The first-order chi connectivity index (χ1) is 19.9. The Morgan fingerprint density at radius 1 is 0.905 bits per heavy atom. The molecule has 1 N–H and O–H groups in total. The van der Waals surface area contributed by atoms with Crippen molar-refractivity contribution in [1.82, 2.24) is 10.2 Å². The first-order valence-electron chi connectivity index (χ1n) is 13.8. The molecule has 2 amide bonds. The van der Waals surface area contributed by atoms with E-state index in [1.807, 2.05) is 75.4 Å². The first kappa shape index (κ1) is 32.5. The molecule has 0 aliphatic heterocycles. The number of benzene rings is 3. The molecule has 42 heavy (non-hydrogen) atoms. The highest BCUT2D eigenvalue weighted by Gasteiger charge is 2.34. The van der Waals surface area contributed by atoms with E-state index < -0.39 is 28.5 Å². The van der Waals surface area contributed by atoms with E-state index in [1.165, 1.54) is 25.2 Å². The molecule has 0 aliphatic rings. The van der Waals surface area contributed by atoms with Crippen LogP contribution in [0.1, 0.15) is 30.5 Å². The number of ether oxygens (including phenoxy) is 2. The highest BCUT2D eigenvalue weighted by Crippen LogP contribution is 2.34. The third-order valence-corrected chi connectivity index (χ3v) is 7.85. The molecule has 0 fully saturated rings. The topological polar surface area (TPSA) is 105 Å². The van der Waals surface area contributed by atoms with E-state index in [0.29, 0.717) is 12.3 Å². The summed E-state index contributed by atoms with van der Waals surface area (Å²) in [4.78, 5) is 29.5. The summed E-state index contributed by atoms with van der Waals surface area (Å²) in [7, 11) is -1.07. The van der Waals surface area contributed by atoms with Crippen LogP contribution in [-0.2, 0) is 32.6 Å². The van der Waals surface area contributed by atoms with Crippen molar-refractivity contribution in [3.63, 3.8) is 0 Å². The molecule has 10 heteroatoms. The molecular weight excluding hydrogens is 554 g/mol. The maximum Gasteiger partial charge on any atom is 0.244 e. The van der Waals surface area contributed by atoms with Gasteiger partial charge in [-0.1, -0.05) is 74.0 Å². The number of sulfonamides is 1. The molecule has 1 atom stereocenters. The predicted molar refractivity (Wildman–Crippen MR) is 165 cm³/mol. The average molecular weight is 596 g/mol. The molecule has 0 radical (unpaired) electrons. The predicted octanol–water partition coefficient (Wildman–Crippen LogP) is 4.19. The van der Waals surface area contributed by atoms with Crippen LogP contribution in [0.3, 0.4) is 0 Å². The van der Waals surface area contributed by atoms with Crippen LogP contribution in [0.25, 0.3) is 0 Å². The molecule has 0 heterocycles. The second kappa shape index (κ2) is 14.7. The van der Waals surface area contributed by atoms with E-state index in [2.05, 4.69) is 5.32 Å². The highest BCUT2D eigenvalue weighted by molar-refractivity contribution is 7.92. The molecule has 3 rings (SSSR count). The molecular formula is C32H41N3O6S. The summed E-state index contributed by atoms with van der Waals surface area (Å²) in [5.41, 5.74) is 2.86. The summed E-state index contributed by atoms with van der Waals surface area (Å²) in [5, 5.41) is 2.98. The number of nitrogens with zero attached hydrogens (tertiary/aromatic N) is 2. The van der Waals surface area contributed by atoms with Gasteiger partial charge in [-0.2, -0.15) is 0 Å². The lowest BCUT2D eigenvalue weighted by molar-refractivity contribution is -0.140. The number of methoxy groups -OCH3 is 2. The molecule has 0 unspecified atom stereocenters. The first-order valence-corrected chi connectivity index (χ1v) is 15.6. The van der Waals surface area contributed by atoms with E-state index in [0.717, 1.165) is 27.3 Å². The van der Waals surface area contributed by atoms with Gasteiger partial charge in [0, 0.05) is 25.6 Å². The zero-order valence-electron chi connectivity index (χ0n) is 25.2. The molecule has 0 spiro atoms. The van der Waals surface area contributed by atoms with Crippen molar-refractivity contribution in [1.29, 1.82) is 0 Å². The van der Waals surface area contributed by atoms with Crippen molar-refractivity contribution in [3.8, 4) is 11.5 Å². The van der Waals surface area contributed by atoms with Crippen LogP contribution < -0.4 is 19.1 Å². The molecule has 3 aromatic carbocycles. The highest BCUT2D eigenvalue weighted by atomic mass is 32.2. The number of rotatable bonds is 14. The van der Waals surface area contributed by atoms with Crippen LogP contribution in [-0.4, -0.2) is 64.7 Å². The van der Waals surface area contributed by atoms with Crippen LogP contribution in [0.15, 0.2) is 72.8 Å². The SMILES string of the molecule is COc1ccc(OC)c(N(CC(=O)N(Cc2cccc(C)c2)[C@H](Cc2ccccc2)C(=O)NCC(C)C)S(C)(=O)=O)c1. The number of amides is 2. The Morgan fingerprint density at radius 3 is 2.19 bits per heavy atom. The minimum Gasteiger partial charge on any atom is -0.497 e. The van der Waals surface area contributed by atoms with Gasteiger partial charge in [0.15, 0.2) is 0 Å². The molecule has 0 bridgehead atoms. The standard InChI is InChI=1S/C32H41N3O6S/c1-23(2)20-33-32(37)29(18-25-12-8-7-9-13-25)34(21-26-14-10-11-24(3)17-26)31(36)22-35(42(6,38)39)28-19-27(40-4)15-16-30(28)41-5/h7-17,19,23,29H,18,20-22H2,1-6H3,(H,33,37)/t29-/m1/s1. The van der Waals surface area contributed by atoms with E-state index in [4.69, 9.17) is 9.47 Å². The summed E-state index contributed by atoms with van der Waals surface area (Å²) < 4.78 is 38.0. The van der Waals surface area contributed by atoms with Gasteiger partial charge in [0.2, 0.25) is 21.8 Å². The van der Waals surface area contributed by atoms with Crippen molar-refractivity contribution in [2.75, 3.05) is 37.9 Å². The number of carbonyl (C=O) groups is 2. The van der Waals surface area contributed by atoms with Crippen LogP contribution in [0.5, 0.6) is 11.5 Å². The maximum atomic E-state index is 14.3. The van der Waals surface area contributed by atoms with Gasteiger partial charge in [0.1, 0.15) is 24.1 Å².